The normalized spacial score (nSPS) is 17.4. The first-order valence-electron chi connectivity index (χ1n) is 9.81. The smallest absolute Gasteiger partial charge is 0.219 e. The Hall–Kier alpha value is -1.91. The Labute approximate surface area is 157 Å². The summed E-state index contributed by atoms with van der Waals surface area (Å²) in [6, 6.07) is 12.6. The molecule has 1 atom stereocenters. The van der Waals surface area contributed by atoms with Gasteiger partial charge in [-0.25, -0.2) is 10.3 Å². The second-order valence-corrected chi connectivity index (χ2v) is 7.45. The van der Waals surface area contributed by atoms with Gasteiger partial charge in [-0.2, -0.15) is 0 Å². The molecule has 1 saturated heterocycles. The van der Waals surface area contributed by atoms with E-state index in [-0.39, 0.29) is 0 Å². The summed E-state index contributed by atoms with van der Waals surface area (Å²) in [5, 5.41) is 8.15. The van der Waals surface area contributed by atoms with Gasteiger partial charge >= 0.3 is 0 Å². The number of rotatable bonds is 8. The van der Waals surface area contributed by atoms with Crippen molar-refractivity contribution in [2.24, 2.45) is 5.92 Å². The summed E-state index contributed by atoms with van der Waals surface area (Å²) in [5.74, 6) is 2.19. The zero-order valence-electron chi connectivity index (χ0n) is 15.9. The molecule has 0 aliphatic carbocycles. The number of hydrogen-bond acceptors (Lipinski definition) is 3. The molecule has 0 saturated carbocycles. The first kappa shape index (κ1) is 18.9. The topological polar surface area (TPSA) is 48.2 Å². The third-order valence-corrected chi connectivity index (χ3v) is 4.75. The van der Waals surface area contributed by atoms with Crippen LogP contribution >= 0.6 is 0 Å². The van der Waals surface area contributed by atoms with Crippen molar-refractivity contribution in [2.45, 2.75) is 52.1 Å². The van der Waals surface area contributed by atoms with Gasteiger partial charge in [0.1, 0.15) is 5.75 Å². The van der Waals surface area contributed by atoms with Crippen LogP contribution in [0.25, 0.3) is 0 Å². The molecule has 0 bridgehead atoms. The van der Waals surface area contributed by atoms with Gasteiger partial charge in [-0.1, -0.05) is 38.5 Å². The van der Waals surface area contributed by atoms with Gasteiger partial charge in [0.25, 0.3) is 0 Å². The first-order chi connectivity index (χ1) is 12.7. The largest absolute Gasteiger partial charge is 0.439 e. The van der Waals surface area contributed by atoms with E-state index < -0.39 is 0 Å². The average Bonchev–Trinajstić information content (AvgIpc) is 2.68. The molecular formula is C22H30N3O. The van der Waals surface area contributed by atoms with Crippen molar-refractivity contribution in [3.63, 3.8) is 0 Å². The van der Waals surface area contributed by atoms with E-state index >= 15 is 0 Å². The van der Waals surface area contributed by atoms with Crippen molar-refractivity contribution in [1.29, 1.82) is 0 Å². The van der Waals surface area contributed by atoms with Gasteiger partial charge in [0.2, 0.25) is 5.88 Å². The molecule has 1 N–H and O–H groups in total. The van der Waals surface area contributed by atoms with Gasteiger partial charge in [0.05, 0.1) is 6.04 Å². The van der Waals surface area contributed by atoms with Crippen molar-refractivity contribution in [3.8, 4) is 11.6 Å². The number of ether oxygens (including phenoxy) is 1. The lowest BCUT2D eigenvalue weighted by Gasteiger charge is -2.21. The van der Waals surface area contributed by atoms with E-state index in [2.05, 4.69) is 47.7 Å². The molecule has 1 unspecified atom stereocenters. The molecular weight excluding hydrogens is 322 g/mol. The molecule has 0 spiro atoms. The van der Waals surface area contributed by atoms with Crippen molar-refractivity contribution < 1.29 is 4.74 Å². The Bertz CT molecular complexity index is 646. The Morgan fingerprint density at radius 2 is 1.96 bits per heavy atom. The molecule has 2 heterocycles. The highest BCUT2D eigenvalue weighted by atomic mass is 16.5. The number of nitrogens with zero attached hydrogens (tertiary/aromatic N) is 2. The van der Waals surface area contributed by atoms with E-state index in [1.807, 2.05) is 24.4 Å². The molecule has 4 nitrogen and oxygen atoms in total. The van der Waals surface area contributed by atoms with Gasteiger partial charge in [0, 0.05) is 25.4 Å². The fourth-order valence-electron chi connectivity index (χ4n) is 3.13. The number of pyridine rings is 1. The van der Waals surface area contributed by atoms with Crippen LogP contribution in [-0.2, 0) is 6.54 Å². The van der Waals surface area contributed by atoms with Crippen LogP contribution in [0, 0.1) is 5.92 Å². The minimum Gasteiger partial charge on any atom is -0.439 e. The summed E-state index contributed by atoms with van der Waals surface area (Å²) in [4.78, 5) is 4.45. The predicted octanol–water partition coefficient (Wildman–Crippen LogP) is 4.84. The van der Waals surface area contributed by atoms with Crippen LogP contribution in [0.1, 0.15) is 56.7 Å². The number of nitrogens with one attached hydrogen (secondary N) is 1. The predicted molar refractivity (Wildman–Crippen MR) is 106 cm³/mol. The maximum atomic E-state index is 5.87. The van der Waals surface area contributed by atoms with E-state index in [9.17, 15) is 0 Å². The number of piperidine rings is 1. The SMILES string of the molecule is CC(C)CCNCc1ccc(Oc2ccc(C3CCCC[N]3)cn2)cc1. The minimum atomic E-state index is 0.313. The average molecular weight is 353 g/mol. The molecule has 3 rings (SSSR count). The molecule has 1 aliphatic rings. The zero-order chi connectivity index (χ0) is 18.2. The molecule has 2 aromatic rings. The highest BCUT2D eigenvalue weighted by molar-refractivity contribution is 5.31. The van der Waals surface area contributed by atoms with E-state index in [0.29, 0.717) is 11.9 Å². The van der Waals surface area contributed by atoms with Crippen molar-refractivity contribution >= 4 is 0 Å². The summed E-state index contributed by atoms with van der Waals surface area (Å²) in [6.45, 7) is 7.42. The highest BCUT2D eigenvalue weighted by Crippen LogP contribution is 2.26. The lowest BCUT2D eigenvalue weighted by molar-refractivity contribution is 0.401. The van der Waals surface area contributed by atoms with Crippen molar-refractivity contribution in [1.82, 2.24) is 15.6 Å². The lowest BCUT2D eigenvalue weighted by atomic mass is 9.99. The Kier molecular flexibility index (Phi) is 7.04. The molecule has 4 heteroatoms. The van der Waals surface area contributed by atoms with Crippen LogP contribution in [-0.4, -0.2) is 18.1 Å². The number of aromatic nitrogens is 1. The van der Waals surface area contributed by atoms with Gasteiger partial charge in [0.15, 0.2) is 0 Å². The van der Waals surface area contributed by atoms with Crippen LogP contribution in [0.15, 0.2) is 42.6 Å². The Balaban J connectivity index is 1.49. The van der Waals surface area contributed by atoms with E-state index in [1.54, 1.807) is 0 Å². The lowest BCUT2D eigenvalue weighted by Crippen LogP contribution is -2.20. The third kappa shape index (κ3) is 5.82. The monoisotopic (exact) mass is 352 g/mol. The fourth-order valence-corrected chi connectivity index (χ4v) is 3.13. The summed E-state index contributed by atoms with van der Waals surface area (Å²) < 4.78 is 5.87. The maximum Gasteiger partial charge on any atom is 0.219 e. The molecule has 1 aliphatic heterocycles. The molecule has 1 radical (unpaired) electrons. The molecule has 1 aromatic heterocycles. The molecule has 1 fully saturated rings. The van der Waals surface area contributed by atoms with Crippen LogP contribution < -0.4 is 15.4 Å². The van der Waals surface area contributed by atoms with E-state index in [1.165, 1.54) is 30.4 Å². The van der Waals surface area contributed by atoms with Crippen LogP contribution in [0.4, 0.5) is 0 Å². The summed E-state index contributed by atoms with van der Waals surface area (Å²) in [6.07, 6.45) is 6.72. The number of hydrogen-bond donors (Lipinski definition) is 1. The van der Waals surface area contributed by atoms with Gasteiger partial charge < -0.3 is 10.1 Å². The van der Waals surface area contributed by atoms with E-state index in [4.69, 9.17) is 4.74 Å². The quantitative estimate of drug-likeness (QED) is 0.692. The van der Waals surface area contributed by atoms with Gasteiger partial charge in [-0.15, -0.1) is 0 Å². The van der Waals surface area contributed by atoms with E-state index in [0.717, 1.165) is 37.7 Å². The first-order valence-corrected chi connectivity index (χ1v) is 9.81. The molecule has 1 aromatic carbocycles. The summed E-state index contributed by atoms with van der Waals surface area (Å²) >= 11 is 0. The van der Waals surface area contributed by atoms with Crippen LogP contribution in [0.2, 0.25) is 0 Å². The second kappa shape index (κ2) is 9.70. The van der Waals surface area contributed by atoms with Gasteiger partial charge in [-0.3, -0.25) is 0 Å². The molecule has 26 heavy (non-hydrogen) atoms. The van der Waals surface area contributed by atoms with Crippen molar-refractivity contribution in [3.05, 3.63) is 53.7 Å². The Morgan fingerprint density at radius 3 is 2.62 bits per heavy atom. The zero-order valence-corrected chi connectivity index (χ0v) is 15.9. The Morgan fingerprint density at radius 1 is 1.12 bits per heavy atom. The fraction of sp³-hybridized carbons (Fsp3) is 0.500. The van der Waals surface area contributed by atoms with Crippen LogP contribution in [0.3, 0.4) is 0 Å². The molecule has 139 valence electrons. The summed E-state index contributed by atoms with van der Waals surface area (Å²) in [5.41, 5.74) is 2.46. The minimum absolute atomic E-state index is 0.313. The maximum absolute atomic E-state index is 5.87. The standard InChI is InChI=1S/C22H30N3O/c1-17(2)12-14-23-15-18-6-9-20(10-7-18)26-22-11-8-19(16-25-22)21-5-3-4-13-24-21/h6-11,16-17,21,23H,3-5,12-15H2,1-2H3. The van der Waals surface area contributed by atoms with Crippen molar-refractivity contribution in [2.75, 3.05) is 13.1 Å². The number of benzene rings is 1. The van der Waals surface area contributed by atoms with Gasteiger partial charge in [-0.05, 0) is 55.0 Å². The van der Waals surface area contributed by atoms with Crippen LogP contribution in [0.5, 0.6) is 11.6 Å². The second-order valence-electron chi connectivity index (χ2n) is 7.45. The summed E-state index contributed by atoms with van der Waals surface area (Å²) in [7, 11) is 0. The molecule has 0 amide bonds. The highest BCUT2D eigenvalue weighted by Gasteiger charge is 2.16. The third-order valence-electron chi connectivity index (χ3n) is 4.75.